The van der Waals surface area contributed by atoms with E-state index in [0.29, 0.717) is 19.4 Å². The Bertz CT molecular complexity index is 597. The highest BCUT2D eigenvalue weighted by molar-refractivity contribution is 5.96. The first-order valence-electron chi connectivity index (χ1n) is 7.06. The number of ether oxygens (including phenoxy) is 1. The Kier molecular flexibility index (Phi) is 4.25. The van der Waals surface area contributed by atoms with E-state index >= 15 is 0 Å². The summed E-state index contributed by atoms with van der Waals surface area (Å²) in [5.41, 5.74) is -0.629. The van der Waals surface area contributed by atoms with Crippen LogP contribution in [0.4, 0.5) is 0 Å². The number of furan rings is 1. The van der Waals surface area contributed by atoms with Crippen molar-refractivity contribution in [2.75, 3.05) is 6.54 Å². The van der Waals surface area contributed by atoms with Gasteiger partial charge in [0.2, 0.25) is 5.76 Å². The van der Waals surface area contributed by atoms with Crippen LogP contribution in [0.1, 0.15) is 54.7 Å². The van der Waals surface area contributed by atoms with Crippen LogP contribution < -0.4 is 0 Å². The summed E-state index contributed by atoms with van der Waals surface area (Å²) >= 11 is 0. The van der Waals surface area contributed by atoms with E-state index in [-0.39, 0.29) is 11.5 Å². The number of carboxylic acids is 1. The highest BCUT2D eigenvalue weighted by Gasteiger charge is 2.38. The zero-order valence-corrected chi connectivity index (χ0v) is 12.8. The fourth-order valence-electron chi connectivity index (χ4n) is 2.33. The van der Waals surface area contributed by atoms with Crippen LogP contribution in [0.2, 0.25) is 0 Å². The molecule has 1 aromatic heterocycles. The molecule has 0 aliphatic carbocycles. The van der Waals surface area contributed by atoms with Crippen LogP contribution >= 0.6 is 0 Å². The molecule has 2 heterocycles. The van der Waals surface area contributed by atoms with Crippen LogP contribution in [0.15, 0.2) is 16.5 Å². The van der Waals surface area contributed by atoms with Gasteiger partial charge in [-0.15, -0.1) is 0 Å². The SMILES string of the molecule is CC(C)(C)OC(=O)[C@H]1CCCN1C(=O)c1ccc(C(=O)O)o1. The van der Waals surface area contributed by atoms with E-state index in [1.165, 1.54) is 17.0 Å². The molecule has 1 N–H and O–H groups in total. The summed E-state index contributed by atoms with van der Waals surface area (Å²) in [6.45, 7) is 5.69. The van der Waals surface area contributed by atoms with Crippen molar-refractivity contribution in [1.29, 1.82) is 0 Å². The van der Waals surface area contributed by atoms with E-state index in [9.17, 15) is 14.4 Å². The zero-order chi connectivity index (χ0) is 16.5. The van der Waals surface area contributed by atoms with Gasteiger partial charge in [0.1, 0.15) is 11.6 Å². The van der Waals surface area contributed by atoms with Gasteiger partial charge in [-0.2, -0.15) is 0 Å². The van der Waals surface area contributed by atoms with Gasteiger partial charge in [-0.25, -0.2) is 9.59 Å². The molecule has 0 radical (unpaired) electrons. The highest BCUT2D eigenvalue weighted by atomic mass is 16.6. The predicted octanol–water partition coefficient (Wildman–Crippen LogP) is 1.92. The molecule has 7 heteroatoms. The normalized spacial score (nSPS) is 18.3. The Morgan fingerprint density at radius 3 is 2.45 bits per heavy atom. The Labute approximate surface area is 127 Å². The Morgan fingerprint density at radius 2 is 1.91 bits per heavy atom. The van der Waals surface area contributed by atoms with Crippen molar-refractivity contribution in [3.63, 3.8) is 0 Å². The summed E-state index contributed by atoms with van der Waals surface area (Å²) in [5.74, 6) is -2.60. The van der Waals surface area contributed by atoms with Gasteiger partial charge < -0.3 is 19.2 Å². The molecule has 1 atom stereocenters. The summed E-state index contributed by atoms with van der Waals surface area (Å²) < 4.78 is 10.3. The first-order valence-corrected chi connectivity index (χ1v) is 7.06. The monoisotopic (exact) mass is 309 g/mol. The van der Waals surface area contributed by atoms with E-state index < -0.39 is 29.5 Å². The summed E-state index contributed by atoms with van der Waals surface area (Å²) in [5, 5.41) is 8.82. The van der Waals surface area contributed by atoms with Crippen molar-refractivity contribution < 1.29 is 28.6 Å². The standard InChI is InChI=1S/C15H19NO6/c1-15(2,3)22-14(20)9-5-4-8-16(9)12(17)10-6-7-11(21-10)13(18)19/h6-7,9H,4-5,8H2,1-3H3,(H,18,19)/t9-/m1/s1. The van der Waals surface area contributed by atoms with Crippen molar-refractivity contribution in [3.8, 4) is 0 Å². The Morgan fingerprint density at radius 1 is 1.27 bits per heavy atom. The molecule has 2 rings (SSSR count). The number of carboxylic acid groups (broad SMARTS) is 1. The van der Waals surface area contributed by atoms with Crippen molar-refractivity contribution in [2.24, 2.45) is 0 Å². The van der Waals surface area contributed by atoms with Gasteiger partial charge in [-0.3, -0.25) is 4.79 Å². The molecule has 7 nitrogen and oxygen atoms in total. The Hall–Kier alpha value is -2.31. The van der Waals surface area contributed by atoms with Gasteiger partial charge in [0.05, 0.1) is 0 Å². The first kappa shape index (κ1) is 16.1. The van der Waals surface area contributed by atoms with Crippen LogP contribution in [-0.2, 0) is 9.53 Å². The smallest absolute Gasteiger partial charge is 0.371 e. The minimum absolute atomic E-state index is 0.0899. The van der Waals surface area contributed by atoms with Gasteiger partial charge in [-0.05, 0) is 45.7 Å². The lowest BCUT2D eigenvalue weighted by molar-refractivity contribution is -0.159. The van der Waals surface area contributed by atoms with Crippen molar-refractivity contribution in [1.82, 2.24) is 4.90 Å². The maximum atomic E-state index is 12.4. The summed E-state index contributed by atoms with van der Waals surface area (Å²) in [7, 11) is 0. The van der Waals surface area contributed by atoms with Gasteiger partial charge >= 0.3 is 11.9 Å². The molecule has 0 aromatic carbocycles. The molecule has 1 aliphatic heterocycles. The quantitative estimate of drug-likeness (QED) is 0.857. The molecule has 1 fully saturated rings. The fourth-order valence-corrected chi connectivity index (χ4v) is 2.33. The third-order valence-corrected chi connectivity index (χ3v) is 3.22. The number of carbonyl (C=O) groups excluding carboxylic acids is 2. The third-order valence-electron chi connectivity index (χ3n) is 3.22. The minimum atomic E-state index is -1.25. The number of esters is 1. The summed E-state index contributed by atoms with van der Waals surface area (Å²) in [6.07, 6.45) is 1.20. The fraction of sp³-hybridized carbons (Fsp3) is 0.533. The summed E-state index contributed by atoms with van der Waals surface area (Å²) in [6, 6.07) is 1.86. The maximum absolute atomic E-state index is 12.4. The lowest BCUT2D eigenvalue weighted by atomic mass is 10.1. The molecule has 1 amide bonds. The minimum Gasteiger partial charge on any atom is -0.475 e. The molecule has 1 aromatic rings. The average molecular weight is 309 g/mol. The van der Waals surface area contributed by atoms with Crippen LogP contribution in [0.25, 0.3) is 0 Å². The van der Waals surface area contributed by atoms with Crippen molar-refractivity contribution in [2.45, 2.75) is 45.3 Å². The molecule has 120 valence electrons. The lowest BCUT2D eigenvalue weighted by Gasteiger charge is -2.26. The molecule has 1 saturated heterocycles. The van der Waals surface area contributed by atoms with Crippen molar-refractivity contribution >= 4 is 17.8 Å². The number of rotatable bonds is 3. The van der Waals surface area contributed by atoms with Crippen LogP contribution in [0, 0.1) is 0 Å². The molecular formula is C15H19NO6. The number of hydrogen-bond acceptors (Lipinski definition) is 5. The highest BCUT2D eigenvalue weighted by Crippen LogP contribution is 2.24. The molecule has 22 heavy (non-hydrogen) atoms. The second-order valence-corrected chi connectivity index (χ2v) is 6.16. The third kappa shape index (κ3) is 3.47. The topological polar surface area (TPSA) is 97.0 Å². The number of amides is 1. The van der Waals surface area contributed by atoms with Crippen LogP contribution in [-0.4, -0.2) is 46.0 Å². The molecule has 0 saturated carbocycles. The van der Waals surface area contributed by atoms with E-state index in [0.717, 1.165) is 0 Å². The Balaban J connectivity index is 2.14. The number of likely N-dealkylation sites (tertiary alicyclic amines) is 1. The molecule has 0 spiro atoms. The van der Waals surface area contributed by atoms with Gasteiger partial charge in [-0.1, -0.05) is 0 Å². The van der Waals surface area contributed by atoms with Crippen LogP contribution in [0.5, 0.6) is 0 Å². The second-order valence-electron chi connectivity index (χ2n) is 6.16. The molecule has 1 aliphatic rings. The molecule has 0 unspecified atom stereocenters. The van der Waals surface area contributed by atoms with Crippen LogP contribution in [0.3, 0.4) is 0 Å². The van der Waals surface area contributed by atoms with Gasteiger partial charge in [0.25, 0.3) is 5.91 Å². The maximum Gasteiger partial charge on any atom is 0.371 e. The van der Waals surface area contributed by atoms with E-state index in [1.54, 1.807) is 20.8 Å². The predicted molar refractivity (Wildman–Crippen MR) is 75.6 cm³/mol. The molecular weight excluding hydrogens is 290 g/mol. The number of nitrogens with zero attached hydrogens (tertiary/aromatic N) is 1. The average Bonchev–Trinajstić information content (AvgIpc) is 3.05. The zero-order valence-electron chi connectivity index (χ0n) is 12.8. The van der Waals surface area contributed by atoms with E-state index in [1.807, 2.05) is 0 Å². The second kappa shape index (κ2) is 5.82. The van der Waals surface area contributed by atoms with E-state index in [4.69, 9.17) is 14.3 Å². The lowest BCUT2D eigenvalue weighted by Crippen LogP contribution is -2.43. The van der Waals surface area contributed by atoms with Gasteiger partial charge in [0, 0.05) is 6.54 Å². The van der Waals surface area contributed by atoms with E-state index in [2.05, 4.69) is 0 Å². The largest absolute Gasteiger partial charge is 0.475 e. The first-order chi connectivity index (χ1) is 10.2. The van der Waals surface area contributed by atoms with Gasteiger partial charge in [0.15, 0.2) is 5.76 Å². The molecule has 0 bridgehead atoms. The number of carbonyl (C=O) groups is 3. The number of hydrogen-bond donors (Lipinski definition) is 1. The summed E-state index contributed by atoms with van der Waals surface area (Å²) in [4.78, 5) is 36.7. The van der Waals surface area contributed by atoms with Crippen molar-refractivity contribution in [3.05, 3.63) is 23.7 Å². The number of aromatic carboxylic acids is 1.